The minimum absolute atomic E-state index is 0.00575. The number of ether oxygens (including phenoxy) is 3. The summed E-state index contributed by atoms with van der Waals surface area (Å²) in [4.78, 5) is 0. The Bertz CT molecular complexity index is 2110. The van der Waals surface area contributed by atoms with Gasteiger partial charge in [0.15, 0.2) is 11.7 Å². The number of nitrogens with zero attached hydrogens (tertiary/aromatic N) is 4. The first kappa shape index (κ1) is 29.8. The van der Waals surface area contributed by atoms with Crippen molar-refractivity contribution >= 4 is 49.2 Å². The third-order valence-corrected chi connectivity index (χ3v) is 8.69. The fourth-order valence-corrected chi connectivity index (χ4v) is 6.68. The Morgan fingerprint density at radius 1 is 0.867 bits per heavy atom. The second kappa shape index (κ2) is 11.3. The number of anilines is 3. The fourth-order valence-electron chi connectivity index (χ4n) is 4.95. The molecule has 0 unspecified atom stereocenters. The van der Waals surface area contributed by atoms with E-state index in [0.29, 0.717) is 17.1 Å². The first-order valence-electron chi connectivity index (χ1n) is 13.4. The van der Waals surface area contributed by atoms with Gasteiger partial charge in [-0.15, -0.1) is 8.80 Å². The fraction of sp³-hybridized carbons (Fsp3) is 0.179. The number of amidine groups is 2. The van der Waals surface area contributed by atoms with E-state index in [0.717, 1.165) is 17.0 Å². The molecule has 0 spiro atoms. The average Bonchev–Trinajstić information content (AvgIpc) is 3.30. The quantitative estimate of drug-likeness (QED) is 0.219. The SMILES string of the molecule is COc1ccccc1COc1cccc2c1C(Nc1ccc(OCc3cc(C)nn3C)c3c1NS(=O)(=O)N=C3N)=NS(=O)(=O)N2. The molecule has 0 saturated carbocycles. The minimum Gasteiger partial charge on any atom is -0.496 e. The monoisotopic (exact) mass is 652 g/mol. The number of methoxy groups -OCH3 is 1. The van der Waals surface area contributed by atoms with Crippen molar-refractivity contribution in [2.24, 2.45) is 21.6 Å². The lowest BCUT2D eigenvalue weighted by atomic mass is 10.1. The van der Waals surface area contributed by atoms with Gasteiger partial charge in [0.1, 0.15) is 30.5 Å². The second-order valence-corrected chi connectivity index (χ2v) is 12.7. The number of benzene rings is 3. The van der Waals surface area contributed by atoms with E-state index in [1.165, 1.54) is 6.07 Å². The van der Waals surface area contributed by atoms with E-state index in [1.807, 2.05) is 31.2 Å². The molecule has 3 aromatic carbocycles. The highest BCUT2D eigenvalue weighted by molar-refractivity contribution is 7.92. The van der Waals surface area contributed by atoms with Crippen LogP contribution in [0.15, 0.2) is 69.5 Å². The van der Waals surface area contributed by atoms with Crippen molar-refractivity contribution in [3.8, 4) is 17.2 Å². The molecule has 5 N–H and O–H groups in total. The number of para-hydroxylation sites is 1. The molecule has 2 aliphatic rings. The molecule has 3 heterocycles. The Balaban J connectivity index is 1.38. The van der Waals surface area contributed by atoms with E-state index >= 15 is 0 Å². The molecule has 0 aliphatic carbocycles. The van der Waals surface area contributed by atoms with Crippen molar-refractivity contribution in [3.63, 3.8) is 0 Å². The molecule has 234 valence electrons. The molecular weight excluding hydrogens is 624 g/mol. The average molecular weight is 653 g/mol. The van der Waals surface area contributed by atoms with Crippen LogP contribution in [-0.4, -0.2) is 45.4 Å². The van der Waals surface area contributed by atoms with Crippen molar-refractivity contribution < 1.29 is 31.0 Å². The van der Waals surface area contributed by atoms with Crippen LogP contribution in [-0.2, 0) is 40.7 Å². The van der Waals surface area contributed by atoms with E-state index in [-0.39, 0.29) is 53.3 Å². The molecule has 15 nitrogen and oxygen atoms in total. The highest BCUT2D eigenvalue weighted by atomic mass is 32.2. The summed E-state index contributed by atoms with van der Waals surface area (Å²) in [5, 5.41) is 7.28. The van der Waals surface area contributed by atoms with Crippen molar-refractivity contribution in [2.45, 2.75) is 20.1 Å². The lowest BCUT2D eigenvalue weighted by Gasteiger charge is -2.25. The molecule has 0 amide bonds. The molecule has 1 aromatic heterocycles. The van der Waals surface area contributed by atoms with Crippen LogP contribution in [0, 0.1) is 6.92 Å². The topological polar surface area (TPSA) is 201 Å². The molecule has 17 heteroatoms. The molecule has 0 saturated heterocycles. The van der Waals surface area contributed by atoms with Gasteiger partial charge in [0, 0.05) is 12.6 Å². The van der Waals surface area contributed by atoms with Crippen LogP contribution in [0.3, 0.4) is 0 Å². The molecule has 0 atom stereocenters. The van der Waals surface area contributed by atoms with Crippen molar-refractivity contribution in [1.82, 2.24) is 9.78 Å². The van der Waals surface area contributed by atoms with Crippen LogP contribution in [0.5, 0.6) is 17.2 Å². The maximum Gasteiger partial charge on any atom is 0.344 e. The van der Waals surface area contributed by atoms with Gasteiger partial charge in [-0.3, -0.25) is 14.1 Å². The summed E-state index contributed by atoms with van der Waals surface area (Å²) in [5.41, 5.74) is 9.24. The minimum atomic E-state index is -4.24. The molecule has 0 bridgehead atoms. The zero-order valence-electron chi connectivity index (χ0n) is 24.2. The third-order valence-electron chi connectivity index (χ3n) is 6.89. The normalized spacial score (nSPS) is 15.7. The van der Waals surface area contributed by atoms with Crippen LogP contribution >= 0.6 is 0 Å². The Labute approximate surface area is 259 Å². The van der Waals surface area contributed by atoms with E-state index < -0.39 is 20.4 Å². The first-order valence-corrected chi connectivity index (χ1v) is 16.3. The van der Waals surface area contributed by atoms with Crippen LogP contribution in [0.2, 0.25) is 0 Å². The number of hydrogen-bond donors (Lipinski definition) is 4. The summed E-state index contributed by atoms with van der Waals surface area (Å²) < 4.78 is 82.2. The third kappa shape index (κ3) is 6.07. The smallest absolute Gasteiger partial charge is 0.344 e. The van der Waals surface area contributed by atoms with Gasteiger partial charge in [0.2, 0.25) is 0 Å². The highest BCUT2D eigenvalue weighted by Crippen LogP contribution is 2.39. The lowest BCUT2D eigenvalue weighted by molar-refractivity contribution is 0.294. The predicted molar refractivity (Wildman–Crippen MR) is 168 cm³/mol. The van der Waals surface area contributed by atoms with Crippen LogP contribution in [0.25, 0.3) is 0 Å². The Kier molecular flexibility index (Phi) is 7.49. The van der Waals surface area contributed by atoms with E-state index in [1.54, 1.807) is 49.2 Å². The molecule has 0 radical (unpaired) electrons. The number of aromatic nitrogens is 2. The van der Waals surface area contributed by atoms with Gasteiger partial charge in [-0.2, -0.15) is 21.9 Å². The van der Waals surface area contributed by atoms with Gasteiger partial charge in [0.25, 0.3) is 0 Å². The lowest BCUT2D eigenvalue weighted by Crippen LogP contribution is -2.30. The zero-order valence-corrected chi connectivity index (χ0v) is 25.9. The van der Waals surface area contributed by atoms with Gasteiger partial charge in [-0.05, 0) is 43.3 Å². The number of nitrogens with one attached hydrogen (secondary N) is 3. The summed E-state index contributed by atoms with van der Waals surface area (Å²) >= 11 is 0. The van der Waals surface area contributed by atoms with Crippen LogP contribution < -0.4 is 34.7 Å². The van der Waals surface area contributed by atoms with Gasteiger partial charge < -0.3 is 25.3 Å². The molecule has 0 fully saturated rings. The zero-order chi connectivity index (χ0) is 31.9. The van der Waals surface area contributed by atoms with Crippen LogP contribution in [0.4, 0.5) is 17.1 Å². The maximum atomic E-state index is 12.8. The summed E-state index contributed by atoms with van der Waals surface area (Å²) in [7, 11) is -5.09. The predicted octanol–water partition coefficient (Wildman–Crippen LogP) is 2.80. The molecule has 2 aliphatic heterocycles. The maximum absolute atomic E-state index is 12.8. The standard InChI is InChI=1S/C28H28N8O7S2/c1-16-13-18(36(2)31-16)15-43-23-12-11-20(26-25(23)27(29)34-45(39,40)33-26)30-28-24-19(32-44(37,38)35-28)8-6-10-22(24)42-14-17-7-4-5-9-21(17)41-3/h4-13,32-33H,14-15H2,1-3H3,(H2,29,34)(H,30,35). The summed E-state index contributed by atoms with van der Waals surface area (Å²) in [6.45, 7) is 2.06. The van der Waals surface area contributed by atoms with Gasteiger partial charge >= 0.3 is 20.4 Å². The summed E-state index contributed by atoms with van der Waals surface area (Å²) in [6.07, 6.45) is 0. The number of nitrogens with two attached hydrogens (primary N) is 1. The molecular formula is C28H28N8O7S2. The Morgan fingerprint density at radius 3 is 2.33 bits per heavy atom. The Morgan fingerprint density at radius 2 is 1.58 bits per heavy atom. The number of fused-ring (bicyclic) bond motifs is 2. The van der Waals surface area contributed by atoms with Gasteiger partial charge in [-0.25, -0.2) is 0 Å². The number of aryl methyl sites for hydroxylation is 2. The molecule has 6 rings (SSSR count). The van der Waals surface area contributed by atoms with E-state index in [9.17, 15) is 16.8 Å². The van der Waals surface area contributed by atoms with E-state index in [4.69, 9.17) is 19.9 Å². The van der Waals surface area contributed by atoms with Crippen molar-refractivity contribution in [2.75, 3.05) is 21.9 Å². The first-order chi connectivity index (χ1) is 21.4. The van der Waals surface area contributed by atoms with Gasteiger partial charge in [0.05, 0.1) is 46.7 Å². The van der Waals surface area contributed by atoms with Crippen molar-refractivity contribution in [1.29, 1.82) is 0 Å². The number of rotatable bonds is 8. The Hall–Kier alpha value is -5.29. The van der Waals surface area contributed by atoms with Crippen LogP contribution in [0.1, 0.15) is 28.1 Å². The van der Waals surface area contributed by atoms with E-state index in [2.05, 4.69) is 28.7 Å². The van der Waals surface area contributed by atoms with Gasteiger partial charge in [-0.1, -0.05) is 24.3 Å². The molecule has 45 heavy (non-hydrogen) atoms. The second-order valence-electron chi connectivity index (χ2n) is 10.0. The number of hydrogen-bond acceptors (Lipinski definition) is 10. The largest absolute Gasteiger partial charge is 0.496 e. The molecule has 4 aromatic rings. The summed E-state index contributed by atoms with van der Waals surface area (Å²) in [6, 6.07) is 17.1. The van der Waals surface area contributed by atoms with Crippen molar-refractivity contribution in [3.05, 3.63) is 88.7 Å². The summed E-state index contributed by atoms with van der Waals surface area (Å²) in [5.74, 6) is 0.716. The highest BCUT2D eigenvalue weighted by Gasteiger charge is 2.31.